The van der Waals surface area contributed by atoms with Gasteiger partial charge < -0.3 is 23.6 Å². The largest absolute Gasteiger partial charge is 0.492 e. The molecular weight excluding hydrogens is 300 g/mol. The Kier molecular flexibility index (Phi) is 8.11. The zero-order valence-corrected chi connectivity index (χ0v) is 11.9. The number of hydrogen-bond donors (Lipinski definition) is 2. The van der Waals surface area contributed by atoms with Gasteiger partial charge in [0.2, 0.25) is 0 Å². The summed E-state index contributed by atoms with van der Waals surface area (Å²) in [4.78, 5) is 3.90. The van der Waals surface area contributed by atoms with Crippen molar-refractivity contribution in [1.82, 2.24) is 0 Å². The molecular formula is C12H20BrFN3O-. The van der Waals surface area contributed by atoms with Gasteiger partial charge in [0.15, 0.2) is 5.96 Å². The summed E-state index contributed by atoms with van der Waals surface area (Å²) in [7, 11) is 0. The molecule has 0 aliphatic carbocycles. The standard InChI is InChI=1S/C11H15BrFN3O.CH3.H2/c12-9-6-8(7-16-11(14)15)2-3-10(9)17-5-1-4-13;;/h2-3,6H,1,4-5,7H2,(H4,14,15,16);1H3;1H/q;-1;/i13-1;;. The summed E-state index contributed by atoms with van der Waals surface area (Å²) >= 11 is 3.38. The molecule has 4 N–H and O–H groups in total. The molecule has 1 aromatic rings. The Bertz CT molecular complexity index is 401. The van der Waals surface area contributed by atoms with Crippen LogP contribution in [0, 0.1) is 7.43 Å². The van der Waals surface area contributed by atoms with Gasteiger partial charge in [0.25, 0.3) is 0 Å². The average Bonchev–Trinajstić information content (AvgIpc) is 2.29. The molecule has 0 fully saturated rings. The van der Waals surface area contributed by atoms with Crippen molar-refractivity contribution in [3.05, 3.63) is 35.7 Å². The fourth-order valence-corrected chi connectivity index (χ4v) is 1.72. The molecule has 0 saturated carbocycles. The van der Waals surface area contributed by atoms with E-state index in [1.807, 2.05) is 12.1 Å². The fraction of sp³-hybridized carbons (Fsp3) is 0.333. The van der Waals surface area contributed by atoms with Gasteiger partial charge in [-0.15, -0.1) is 0 Å². The minimum atomic E-state index is -0.375. The van der Waals surface area contributed by atoms with Crippen molar-refractivity contribution in [1.29, 1.82) is 0 Å². The van der Waals surface area contributed by atoms with Crippen LogP contribution in [0.5, 0.6) is 5.75 Å². The Morgan fingerprint density at radius 2 is 2.17 bits per heavy atom. The quantitative estimate of drug-likeness (QED) is 0.366. The van der Waals surface area contributed by atoms with E-state index >= 15 is 0 Å². The number of rotatable bonds is 6. The molecule has 104 valence electrons. The summed E-state index contributed by atoms with van der Waals surface area (Å²) in [6.45, 7) is 0.411. The number of ether oxygens (including phenoxy) is 1. The van der Waals surface area contributed by atoms with E-state index in [0.717, 1.165) is 10.0 Å². The second-order valence-electron chi connectivity index (χ2n) is 3.40. The smallest absolute Gasteiger partial charge is 0.186 e. The molecule has 0 aromatic heterocycles. The number of halogens is 2. The zero-order chi connectivity index (χ0) is 12.7. The van der Waals surface area contributed by atoms with E-state index in [0.29, 0.717) is 25.3 Å². The van der Waals surface area contributed by atoms with Gasteiger partial charge in [-0.25, -0.2) is 4.99 Å². The third kappa shape index (κ3) is 5.86. The predicted molar refractivity (Wildman–Crippen MR) is 78.3 cm³/mol. The van der Waals surface area contributed by atoms with Crippen LogP contribution in [-0.4, -0.2) is 19.2 Å². The number of benzene rings is 1. The summed E-state index contributed by atoms with van der Waals surface area (Å²) in [5.41, 5.74) is 11.5. The number of nitrogens with two attached hydrogens (primary N) is 2. The van der Waals surface area contributed by atoms with Gasteiger partial charge in [0.05, 0.1) is 24.3 Å². The second kappa shape index (κ2) is 8.74. The summed E-state index contributed by atoms with van der Waals surface area (Å²) in [6, 6.07) is 5.54. The molecule has 0 bridgehead atoms. The first kappa shape index (κ1) is 16.7. The van der Waals surface area contributed by atoms with Crippen LogP contribution in [0.1, 0.15) is 13.4 Å². The van der Waals surface area contributed by atoms with Crippen LogP contribution in [0.25, 0.3) is 0 Å². The molecule has 1 rings (SSSR count). The number of aliphatic imine (C=N–C) groups is 1. The molecule has 6 heteroatoms. The lowest BCUT2D eigenvalue weighted by atomic mass is 10.2. The molecule has 0 spiro atoms. The fourth-order valence-electron chi connectivity index (χ4n) is 1.18. The van der Waals surface area contributed by atoms with Crippen molar-refractivity contribution >= 4 is 21.9 Å². The van der Waals surface area contributed by atoms with Crippen LogP contribution >= 0.6 is 15.9 Å². The highest BCUT2D eigenvalue weighted by Crippen LogP contribution is 2.26. The Labute approximate surface area is 117 Å². The van der Waals surface area contributed by atoms with Gasteiger partial charge >= 0.3 is 0 Å². The lowest BCUT2D eigenvalue weighted by Crippen LogP contribution is -2.22. The number of nitrogens with zero attached hydrogens (tertiary/aromatic N) is 1. The maximum atomic E-state index is 11.9. The van der Waals surface area contributed by atoms with E-state index in [4.69, 9.17) is 16.2 Å². The Balaban J connectivity index is 0. The van der Waals surface area contributed by atoms with Crippen LogP contribution in [-0.2, 0) is 6.54 Å². The Morgan fingerprint density at radius 3 is 2.72 bits per heavy atom. The molecule has 0 atom stereocenters. The molecule has 1 aromatic carbocycles. The van der Waals surface area contributed by atoms with Gasteiger partial charge in [-0.2, -0.15) is 0 Å². The first-order valence-corrected chi connectivity index (χ1v) is 5.95. The molecule has 0 heterocycles. The van der Waals surface area contributed by atoms with Crippen molar-refractivity contribution < 1.29 is 10.6 Å². The van der Waals surface area contributed by atoms with E-state index in [-0.39, 0.29) is 21.5 Å². The monoisotopic (exact) mass is 319 g/mol. The van der Waals surface area contributed by atoms with Crippen LogP contribution in [0.4, 0.5) is 4.39 Å². The van der Waals surface area contributed by atoms with Crippen molar-refractivity contribution in [3.63, 3.8) is 0 Å². The topological polar surface area (TPSA) is 73.6 Å². The van der Waals surface area contributed by atoms with Crippen molar-refractivity contribution in [2.24, 2.45) is 16.5 Å². The highest BCUT2D eigenvalue weighted by Gasteiger charge is 2.02. The maximum Gasteiger partial charge on any atom is 0.186 e. The Morgan fingerprint density at radius 1 is 1.44 bits per heavy atom. The van der Waals surface area contributed by atoms with E-state index in [9.17, 15) is 4.39 Å². The van der Waals surface area contributed by atoms with Crippen molar-refractivity contribution in [3.8, 4) is 5.75 Å². The van der Waals surface area contributed by atoms with E-state index < -0.39 is 0 Å². The molecule has 0 radical (unpaired) electrons. The van der Waals surface area contributed by atoms with Crippen molar-refractivity contribution in [2.45, 2.75) is 13.0 Å². The molecule has 18 heavy (non-hydrogen) atoms. The van der Waals surface area contributed by atoms with Crippen LogP contribution < -0.4 is 16.2 Å². The van der Waals surface area contributed by atoms with Crippen LogP contribution in [0.2, 0.25) is 0 Å². The molecule has 0 amide bonds. The summed E-state index contributed by atoms with van der Waals surface area (Å²) < 4.78 is 18.1. The average molecular weight is 320 g/mol. The molecule has 0 aliphatic heterocycles. The van der Waals surface area contributed by atoms with E-state index in [2.05, 4.69) is 20.9 Å². The minimum absolute atomic E-state index is 0. The van der Waals surface area contributed by atoms with Crippen LogP contribution in [0.15, 0.2) is 27.7 Å². The SMILES string of the molecule is NC(N)=NCc1ccc(OCCC[18F])c(Br)c1.[CH3-].[HH]. The molecule has 0 unspecified atom stereocenters. The summed E-state index contributed by atoms with van der Waals surface area (Å²) in [5.74, 6) is 0.747. The molecule has 0 aliphatic rings. The lowest BCUT2D eigenvalue weighted by molar-refractivity contribution is 0.288. The van der Waals surface area contributed by atoms with E-state index in [1.54, 1.807) is 6.07 Å². The number of hydrogen-bond acceptors (Lipinski definition) is 2. The van der Waals surface area contributed by atoms with Gasteiger partial charge in [0, 0.05) is 7.85 Å². The minimum Gasteiger partial charge on any atom is -0.492 e. The third-order valence-electron chi connectivity index (χ3n) is 1.98. The second-order valence-corrected chi connectivity index (χ2v) is 4.25. The Hall–Kier alpha value is -1.30. The van der Waals surface area contributed by atoms with Crippen molar-refractivity contribution in [2.75, 3.05) is 13.3 Å². The summed E-state index contributed by atoms with van der Waals surface area (Å²) in [6.07, 6.45) is 0.391. The first-order valence-electron chi connectivity index (χ1n) is 5.16. The number of alkyl halides is 1. The van der Waals surface area contributed by atoms with Crippen LogP contribution in [0.3, 0.4) is 0 Å². The predicted octanol–water partition coefficient (Wildman–Crippen LogP) is 2.66. The first-order chi connectivity index (χ1) is 8.13. The molecule has 0 saturated heterocycles. The normalized spacial score (nSPS) is 9.44. The maximum absolute atomic E-state index is 11.9. The highest BCUT2D eigenvalue weighted by molar-refractivity contribution is 9.10. The third-order valence-corrected chi connectivity index (χ3v) is 2.60. The summed E-state index contributed by atoms with van der Waals surface area (Å²) in [5, 5.41) is 0. The highest BCUT2D eigenvalue weighted by atomic mass is 79.9. The van der Waals surface area contributed by atoms with E-state index in [1.165, 1.54) is 0 Å². The van der Waals surface area contributed by atoms with Gasteiger partial charge in [0.1, 0.15) is 5.75 Å². The zero-order valence-electron chi connectivity index (χ0n) is 10.3. The lowest BCUT2D eigenvalue weighted by Gasteiger charge is -2.08. The van der Waals surface area contributed by atoms with Gasteiger partial charge in [-0.3, -0.25) is 4.39 Å². The number of guanidine groups is 1. The van der Waals surface area contributed by atoms with Gasteiger partial charge in [-0.1, -0.05) is 6.07 Å². The van der Waals surface area contributed by atoms with Gasteiger partial charge in [-0.05, 0) is 33.6 Å². The molecule has 4 nitrogen and oxygen atoms in total.